The molecule has 11 heavy (non-hydrogen) atoms. The minimum atomic E-state index is -0.0787. The molecule has 1 saturated carbocycles. The average Bonchev–Trinajstić information content (AvgIpc) is 2.36. The molecule has 60 valence electrons. The third-order valence-corrected chi connectivity index (χ3v) is 2.22. The van der Waals surface area contributed by atoms with Crippen LogP contribution in [0.15, 0.2) is 4.99 Å². The summed E-state index contributed by atoms with van der Waals surface area (Å²) in [5.41, 5.74) is 0. The molecule has 2 unspecified atom stereocenters. The molecule has 3 nitrogen and oxygen atoms in total. The van der Waals surface area contributed by atoms with Gasteiger partial charge in [-0.1, -0.05) is 6.42 Å². The Morgan fingerprint density at radius 3 is 2.82 bits per heavy atom. The largest absolute Gasteiger partial charge is 0.300 e. The topological polar surface area (TPSA) is 46.5 Å². The fourth-order valence-electron chi connectivity index (χ4n) is 1.64. The molecule has 1 aliphatic carbocycles. The van der Waals surface area contributed by atoms with Gasteiger partial charge in [0.15, 0.2) is 0 Å². The Morgan fingerprint density at radius 2 is 2.27 bits per heavy atom. The number of hydrogen-bond acceptors (Lipinski definition) is 3. The molecule has 0 bridgehead atoms. The van der Waals surface area contributed by atoms with Crippen molar-refractivity contribution >= 4 is 11.9 Å². The molecule has 2 atom stereocenters. The molecule has 1 rings (SSSR count). The maximum absolute atomic E-state index is 10.9. The van der Waals surface area contributed by atoms with Crippen LogP contribution in [0.1, 0.15) is 26.2 Å². The fourth-order valence-corrected chi connectivity index (χ4v) is 1.64. The van der Waals surface area contributed by atoms with Crippen LogP contribution in [0.4, 0.5) is 0 Å². The fraction of sp³-hybridized carbons (Fsp3) is 0.750. The molecule has 0 radical (unpaired) electrons. The molecule has 0 amide bonds. The van der Waals surface area contributed by atoms with E-state index in [0.717, 1.165) is 19.3 Å². The highest BCUT2D eigenvalue weighted by molar-refractivity contribution is 5.79. The molecular formula is C8H11NO2. The molecule has 0 heterocycles. The second-order valence-electron chi connectivity index (χ2n) is 2.94. The predicted octanol–water partition coefficient (Wildman–Crippen LogP) is 1.08. The summed E-state index contributed by atoms with van der Waals surface area (Å²) < 4.78 is 0. The monoisotopic (exact) mass is 153 g/mol. The maximum Gasteiger partial charge on any atom is 0.235 e. The van der Waals surface area contributed by atoms with E-state index < -0.39 is 0 Å². The van der Waals surface area contributed by atoms with Gasteiger partial charge in [0.2, 0.25) is 6.08 Å². The molecule has 1 aliphatic rings. The molecule has 3 heteroatoms. The van der Waals surface area contributed by atoms with Gasteiger partial charge < -0.3 is 0 Å². The van der Waals surface area contributed by atoms with Crippen molar-refractivity contribution in [2.24, 2.45) is 10.9 Å². The van der Waals surface area contributed by atoms with Crippen molar-refractivity contribution in [3.05, 3.63) is 0 Å². The van der Waals surface area contributed by atoms with E-state index in [9.17, 15) is 9.59 Å². The highest BCUT2D eigenvalue weighted by atomic mass is 16.1. The number of carbonyl (C=O) groups excluding carboxylic acids is 2. The van der Waals surface area contributed by atoms with Gasteiger partial charge in [0.25, 0.3) is 0 Å². The lowest BCUT2D eigenvalue weighted by molar-refractivity contribution is -0.120. The first-order valence-electron chi connectivity index (χ1n) is 3.83. The summed E-state index contributed by atoms with van der Waals surface area (Å²) in [7, 11) is 0. The predicted molar refractivity (Wildman–Crippen MR) is 39.9 cm³/mol. The van der Waals surface area contributed by atoms with Crippen LogP contribution in [0.2, 0.25) is 0 Å². The van der Waals surface area contributed by atoms with Crippen LogP contribution in [0, 0.1) is 5.92 Å². The zero-order valence-electron chi connectivity index (χ0n) is 6.54. The number of carbonyl (C=O) groups is 1. The van der Waals surface area contributed by atoms with Crippen molar-refractivity contribution in [1.29, 1.82) is 0 Å². The molecule has 0 aromatic carbocycles. The summed E-state index contributed by atoms with van der Waals surface area (Å²) in [6.45, 7) is 1.56. The van der Waals surface area contributed by atoms with Crippen LogP contribution >= 0.6 is 0 Å². The van der Waals surface area contributed by atoms with E-state index in [1.54, 1.807) is 6.92 Å². The van der Waals surface area contributed by atoms with Crippen LogP contribution < -0.4 is 0 Å². The summed E-state index contributed by atoms with van der Waals surface area (Å²) in [6.07, 6.45) is 4.26. The Morgan fingerprint density at radius 1 is 1.55 bits per heavy atom. The number of ketones is 1. The summed E-state index contributed by atoms with van der Waals surface area (Å²) >= 11 is 0. The number of nitrogens with zero attached hydrogens (tertiary/aromatic N) is 1. The Balaban J connectivity index is 2.64. The Labute approximate surface area is 65.5 Å². The Bertz CT molecular complexity index is 198. The van der Waals surface area contributed by atoms with Crippen molar-refractivity contribution in [2.45, 2.75) is 32.2 Å². The number of rotatable bonds is 2. The second kappa shape index (κ2) is 3.44. The SMILES string of the molecule is CC(=O)C1CCCC1N=C=O. The van der Waals surface area contributed by atoms with E-state index in [1.807, 2.05) is 0 Å². The van der Waals surface area contributed by atoms with Gasteiger partial charge in [-0.15, -0.1) is 0 Å². The second-order valence-corrected chi connectivity index (χ2v) is 2.94. The van der Waals surface area contributed by atoms with E-state index >= 15 is 0 Å². The van der Waals surface area contributed by atoms with Gasteiger partial charge in [-0.25, -0.2) is 9.79 Å². The van der Waals surface area contributed by atoms with Gasteiger partial charge in [0.05, 0.1) is 6.04 Å². The normalized spacial score (nSPS) is 29.5. The smallest absolute Gasteiger partial charge is 0.235 e. The van der Waals surface area contributed by atoms with Crippen molar-refractivity contribution in [1.82, 2.24) is 0 Å². The van der Waals surface area contributed by atoms with E-state index in [0.29, 0.717) is 0 Å². The van der Waals surface area contributed by atoms with Crippen LogP contribution in [0.3, 0.4) is 0 Å². The minimum Gasteiger partial charge on any atom is -0.300 e. The molecule has 0 spiro atoms. The Kier molecular flexibility index (Phi) is 2.55. The number of Topliss-reactive ketones (excluding diaryl/α,β-unsaturated/α-hetero) is 1. The van der Waals surface area contributed by atoms with Crippen LogP contribution in [0.5, 0.6) is 0 Å². The molecule has 0 saturated heterocycles. The molecule has 0 aromatic heterocycles. The molecule has 0 aliphatic heterocycles. The maximum atomic E-state index is 10.9. The standard InChI is InChI=1S/C8H11NO2/c1-6(11)7-3-2-4-8(7)9-5-10/h7-8H,2-4H2,1H3. The van der Waals surface area contributed by atoms with Crippen LogP contribution in [0.25, 0.3) is 0 Å². The van der Waals surface area contributed by atoms with E-state index in [1.165, 1.54) is 6.08 Å². The summed E-state index contributed by atoms with van der Waals surface area (Å²) in [4.78, 5) is 24.5. The number of hydrogen-bond donors (Lipinski definition) is 0. The minimum absolute atomic E-state index is 0.0172. The summed E-state index contributed by atoms with van der Waals surface area (Å²) in [6, 6.07) is -0.0787. The number of aliphatic imine (C=N–C) groups is 1. The lowest BCUT2D eigenvalue weighted by Gasteiger charge is -2.08. The van der Waals surface area contributed by atoms with Crippen LogP contribution in [-0.4, -0.2) is 17.9 Å². The third kappa shape index (κ3) is 1.75. The van der Waals surface area contributed by atoms with Crippen molar-refractivity contribution in [2.75, 3.05) is 0 Å². The highest BCUT2D eigenvalue weighted by Gasteiger charge is 2.30. The zero-order chi connectivity index (χ0) is 8.27. The van der Waals surface area contributed by atoms with Crippen molar-refractivity contribution in [3.8, 4) is 0 Å². The lowest BCUT2D eigenvalue weighted by Crippen LogP contribution is -2.18. The van der Waals surface area contributed by atoms with Gasteiger partial charge >= 0.3 is 0 Å². The summed E-state index contributed by atoms with van der Waals surface area (Å²) in [5, 5.41) is 0. The number of isocyanates is 1. The highest BCUT2D eigenvalue weighted by Crippen LogP contribution is 2.28. The molecule has 0 aromatic rings. The molecular weight excluding hydrogens is 142 g/mol. The molecule has 1 fully saturated rings. The van der Waals surface area contributed by atoms with Crippen molar-refractivity contribution in [3.63, 3.8) is 0 Å². The lowest BCUT2D eigenvalue weighted by atomic mass is 10.0. The van der Waals surface area contributed by atoms with E-state index in [-0.39, 0.29) is 17.7 Å². The van der Waals surface area contributed by atoms with Gasteiger partial charge in [-0.05, 0) is 19.8 Å². The first-order valence-corrected chi connectivity index (χ1v) is 3.83. The van der Waals surface area contributed by atoms with Gasteiger partial charge in [0, 0.05) is 5.92 Å². The van der Waals surface area contributed by atoms with E-state index in [4.69, 9.17) is 0 Å². The van der Waals surface area contributed by atoms with E-state index in [2.05, 4.69) is 4.99 Å². The quantitative estimate of drug-likeness (QED) is 0.440. The van der Waals surface area contributed by atoms with Crippen molar-refractivity contribution < 1.29 is 9.59 Å². The zero-order valence-corrected chi connectivity index (χ0v) is 6.54. The first-order chi connectivity index (χ1) is 5.25. The summed E-state index contributed by atoms with van der Waals surface area (Å²) in [5.74, 6) is 0.128. The van der Waals surface area contributed by atoms with Gasteiger partial charge in [-0.3, -0.25) is 4.79 Å². The first kappa shape index (κ1) is 8.15. The molecule has 0 N–H and O–H groups in total. The van der Waals surface area contributed by atoms with Gasteiger partial charge in [-0.2, -0.15) is 0 Å². The Hall–Kier alpha value is -0.950. The van der Waals surface area contributed by atoms with Crippen LogP contribution in [-0.2, 0) is 9.59 Å². The van der Waals surface area contributed by atoms with Gasteiger partial charge in [0.1, 0.15) is 5.78 Å². The third-order valence-electron chi connectivity index (χ3n) is 2.22. The average molecular weight is 153 g/mol.